The zero-order chi connectivity index (χ0) is 28.6. The molecule has 0 radical (unpaired) electrons. The highest BCUT2D eigenvalue weighted by molar-refractivity contribution is 5.87. The molecule has 212 valence electrons. The molecule has 3 atom stereocenters. The van der Waals surface area contributed by atoms with E-state index in [-0.39, 0.29) is 37.4 Å². The zero-order valence-corrected chi connectivity index (χ0v) is 21.7. The predicted molar refractivity (Wildman–Crippen MR) is 141 cm³/mol. The van der Waals surface area contributed by atoms with Crippen molar-refractivity contribution >= 4 is 11.9 Å². The highest BCUT2D eigenvalue weighted by Gasteiger charge is 2.29. The molecule has 0 unspecified atom stereocenters. The van der Waals surface area contributed by atoms with Crippen LogP contribution in [-0.2, 0) is 27.1 Å². The van der Waals surface area contributed by atoms with Gasteiger partial charge in [0.1, 0.15) is 30.2 Å². The molecular weight excluding hydrogens is 525 g/mol. The fourth-order valence-corrected chi connectivity index (χ4v) is 4.90. The number of pyridine rings is 1. The molecule has 1 aromatic heterocycles. The summed E-state index contributed by atoms with van der Waals surface area (Å²) in [5.41, 5.74) is 13.4. The molecule has 0 bridgehead atoms. The fourth-order valence-electron chi connectivity index (χ4n) is 4.90. The number of nitrogens with zero attached hydrogens (tertiary/aromatic N) is 1. The molecule has 4 rings (SSSR count). The molecule has 1 fully saturated rings. The number of halogens is 3. The predicted octanol–water partition coefficient (Wildman–Crippen LogP) is 3.15. The van der Waals surface area contributed by atoms with Crippen molar-refractivity contribution in [2.45, 2.75) is 43.4 Å². The van der Waals surface area contributed by atoms with Crippen LogP contribution < -0.4 is 16.8 Å². The molecule has 1 saturated heterocycles. The summed E-state index contributed by atoms with van der Waals surface area (Å²) in [6.45, 7) is 1.01. The highest BCUT2D eigenvalue weighted by Crippen LogP contribution is 2.29. The van der Waals surface area contributed by atoms with Crippen LogP contribution in [0.3, 0.4) is 0 Å². The first-order chi connectivity index (χ1) is 19.2. The molecule has 0 saturated carbocycles. The second-order valence-corrected chi connectivity index (χ2v) is 9.72. The summed E-state index contributed by atoms with van der Waals surface area (Å²) in [4.78, 5) is 28.3. The van der Waals surface area contributed by atoms with Gasteiger partial charge in [-0.3, -0.25) is 9.78 Å². The van der Waals surface area contributed by atoms with Crippen LogP contribution in [-0.4, -0.2) is 54.8 Å². The van der Waals surface area contributed by atoms with E-state index in [0.29, 0.717) is 41.8 Å². The first kappa shape index (κ1) is 29.2. The Morgan fingerprint density at radius 1 is 0.975 bits per heavy atom. The average Bonchev–Trinajstić information content (AvgIpc) is 2.94. The Kier molecular flexibility index (Phi) is 9.86. The van der Waals surface area contributed by atoms with Crippen LogP contribution in [0.5, 0.6) is 0 Å². The van der Waals surface area contributed by atoms with Crippen molar-refractivity contribution in [3.05, 3.63) is 101 Å². The van der Waals surface area contributed by atoms with E-state index in [0.717, 1.165) is 6.20 Å². The number of hydrogen-bond acceptors (Lipinski definition) is 7. The monoisotopic (exact) mass is 556 g/mol. The number of Topliss-reactive ketones (excluding diaryl/α,β-unsaturated/α-hetero) is 1. The van der Waals surface area contributed by atoms with Gasteiger partial charge in [0.15, 0.2) is 5.78 Å². The standard InChI is InChI=1S/C29H31F3N4O4/c30-20-5-1-17(2-6-20)27(18-3-7-21(31)8-4-18)28(33)26(37)11-19-12-35-15-25(32)24(19)10-9-22-13-36-14-23(40-22)16-39-29(34)38/h1-8,12,15,22-23,27-28,36H,9-11,13-14,16,33H2,(H2,34,38)/t22-,23+,28-/m1/s1. The van der Waals surface area contributed by atoms with E-state index in [1.54, 1.807) is 0 Å². The van der Waals surface area contributed by atoms with Gasteiger partial charge in [0.25, 0.3) is 0 Å². The first-order valence-corrected chi connectivity index (χ1v) is 12.9. The lowest BCUT2D eigenvalue weighted by molar-refractivity contribution is -0.119. The minimum atomic E-state index is -1.08. The molecule has 1 aliphatic heterocycles. The Labute approximate surface area is 229 Å². The van der Waals surface area contributed by atoms with Gasteiger partial charge in [-0.05, 0) is 59.4 Å². The van der Waals surface area contributed by atoms with Gasteiger partial charge in [0.05, 0.1) is 18.3 Å². The number of morpholine rings is 1. The molecule has 8 nitrogen and oxygen atoms in total. The van der Waals surface area contributed by atoms with Crippen LogP contribution in [0.25, 0.3) is 0 Å². The molecule has 11 heteroatoms. The number of nitrogens with one attached hydrogen (secondary N) is 1. The topological polar surface area (TPSA) is 130 Å². The second kappa shape index (κ2) is 13.5. The number of ether oxygens (including phenoxy) is 2. The van der Waals surface area contributed by atoms with E-state index in [2.05, 4.69) is 10.3 Å². The minimum absolute atomic E-state index is 0.00334. The van der Waals surface area contributed by atoms with Crippen molar-refractivity contribution in [2.24, 2.45) is 11.5 Å². The lowest BCUT2D eigenvalue weighted by Crippen LogP contribution is -2.47. The number of rotatable bonds is 11. The van der Waals surface area contributed by atoms with Gasteiger partial charge < -0.3 is 26.3 Å². The maximum atomic E-state index is 14.9. The van der Waals surface area contributed by atoms with Gasteiger partial charge in [0, 0.05) is 31.6 Å². The molecule has 1 amide bonds. The Balaban J connectivity index is 1.48. The zero-order valence-electron chi connectivity index (χ0n) is 21.7. The van der Waals surface area contributed by atoms with Crippen LogP contribution in [0.4, 0.5) is 18.0 Å². The Morgan fingerprint density at radius 2 is 1.57 bits per heavy atom. The van der Waals surface area contributed by atoms with Gasteiger partial charge in [-0.25, -0.2) is 18.0 Å². The Bertz CT molecular complexity index is 1260. The Morgan fingerprint density at radius 3 is 2.17 bits per heavy atom. The average molecular weight is 557 g/mol. The van der Waals surface area contributed by atoms with Gasteiger partial charge in [-0.1, -0.05) is 24.3 Å². The number of carbonyl (C=O) groups excluding carboxylic acids is 2. The summed E-state index contributed by atoms with van der Waals surface area (Å²) >= 11 is 0. The third kappa shape index (κ3) is 7.65. The molecule has 5 N–H and O–H groups in total. The van der Waals surface area contributed by atoms with Gasteiger partial charge >= 0.3 is 6.09 Å². The van der Waals surface area contributed by atoms with Crippen LogP contribution >= 0.6 is 0 Å². The molecular formula is C29H31F3N4O4. The maximum absolute atomic E-state index is 14.9. The van der Waals surface area contributed by atoms with E-state index >= 15 is 0 Å². The van der Waals surface area contributed by atoms with Gasteiger partial charge in [-0.15, -0.1) is 0 Å². The van der Waals surface area contributed by atoms with E-state index < -0.39 is 35.5 Å². The summed E-state index contributed by atoms with van der Waals surface area (Å²) in [6.07, 6.45) is 1.49. The van der Waals surface area contributed by atoms with Crippen molar-refractivity contribution in [3.8, 4) is 0 Å². The summed E-state index contributed by atoms with van der Waals surface area (Å²) in [5.74, 6) is -2.50. The second-order valence-electron chi connectivity index (χ2n) is 9.72. The number of amides is 1. The Hall–Kier alpha value is -3.80. The number of nitrogens with two attached hydrogens (primary N) is 2. The number of carbonyl (C=O) groups is 2. The molecule has 3 aromatic rings. The third-order valence-electron chi connectivity index (χ3n) is 6.90. The molecule has 2 heterocycles. The highest BCUT2D eigenvalue weighted by atomic mass is 19.1. The van der Waals surface area contributed by atoms with Crippen molar-refractivity contribution in [1.29, 1.82) is 0 Å². The van der Waals surface area contributed by atoms with Gasteiger partial charge in [-0.2, -0.15) is 0 Å². The van der Waals surface area contributed by atoms with Crippen LogP contribution in [0.2, 0.25) is 0 Å². The first-order valence-electron chi connectivity index (χ1n) is 12.9. The largest absolute Gasteiger partial charge is 0.447 e. The van der Waals surface area contributed by atoms with Crippen molar-refractivity contribution in [2.75, 3.05) is 19.7 Å². The summed E-state index contributed by atoms with van der Waals surface area (Å²) in [5, 5.41) is 3.19. The lowest BCUT2D eigenvalue weighted by atomic mass is 9.82. The van der Waals surface area contributed by atoms with E-state index in [1.807, 2.05) is 0 Å². The smallest absolute Gasteiger partial charge is 0.404 e. The molecule has 0 spiro atoms. The summed E-state index contributed by atoms with van der Waals surface area (Å²) in [6, 6.07) is 10.1. The quantitative estimate of drug-likeness (QED) is 0.331. The van der Waals surface area contributed by atoms with Crippen molar-refractivity contribution in [3.63, 3.8) is 0 Å². The summed E-state index contributed by atoms with van der Waals surface area (Å²) in [7, 11) is 0. The van der Waals surface area contributed by atoms with Gasteiger partial charge in [0.2, 0.25) is 0 Å². The lowest BCUT2D eigenvalue weighted by Gasteiger charge is -2.30. The van der Waals surface area contributed by atoms with E-state index in [1.165, 1.54) is 54.7 Å². The molecule has 0 aliphatic carbocycles. The molecule has 2 aromatic carbocycles. The van der Waals surface area contributed by atoms with Crippen molar-refractivity contribution in [1.82, 2.24) is 10.3 Å². The minimum Gasteiger partial charge on any atom is -0.447 e. The summed E-state index contributed by atoms with van der Waals surface area (Å²) < 4.78 is 52.9. The number of benzene rings is 2. The van der Waals surface area contributed by atoms with Crippen LogP contribution in [0.1, 0.15) is 34.6 Å². The van der Waals surface area contributed by atoms with E-state index in [4.69, 9.17) is 20.9 Å². The number of primary amides is 1. The van der Waals surface area contributed by atoms with E-state index in [9.17, 15) is 22.8 Å². The fraction of sp³-hybridized carbons (Fsp3) is 0.345. The number of aromatic nitrogens is 1. The maximum Gasteiger partial charge on any atom is 0.404 e. The number of ketones is 1. The molecule has 40 heavy (non-hydrogen) atoms. The SMILES string of the molecule is NC(=O)OC[C@@H]1CNC[C@@H](CCc2c(F)cncc2CC(=O)[C@@H](N)C(c2ccc(F)cc2)c2ccc(F)cc2)O1. The third-order valence-corrected chi connectivity index (χ3v) is 6.90. The number of hydrogen-bond donors (Lipinski definition) is 3. The normalized spacial score (nSPS) is 17.9. The van der Waals surface area contributed by atoms with Crippen molar-refractivity contribution < 1.29 is 32.2 Å². The van der Waals surface area contributed by atoms with Crippen LogP contribution in [0, 0.1) is 17.5 Å². The molecule has 1 aliphatic rings. The van der Waals surface area contributed by atoms with Crippen LogP contribution in [0.15, 0.2) is 60.9 Å².